The first-order chi connectivity index (χ1) is 13.8. The van der Waals surface area contributed by atoms with E-state index in [1.54, 1.807) is 41.1 Å². The molecule has 0 aliphatic heterocycles. The molecule has 1 N–H and O–H groups in total. The van der Waals surface area contributed by atoms with Gasteiger partial charge in [0.05, 0.1) is 11.1 Å². The number of carbonyl (C=O) groups is 1. The zero-order valence-corrected chi connectivity index (χ0v) is 17.4. The molecular weight excluding hydrogens is 388 g/mol. The molecule has 0 atom stereocenters. The molecule has 3 aromatic rings. The van der Waals surface area contributed by atoms with Gasteiger partial charge >= 0.3 is 0 Å². The van der Waals surface area contributed by atoms with Gasteiger partial charge in [-0.1, -0.05) is 35.9 Å². The third-order valence-electron chi connectivity index (χ3n) is 4.35. The first-order valence-electron chi connectivity index (χ1n) is 9.27. The quantitative estimate of drug-likeness (QED) is 0.643. The summed E-state index contributed by atoms with van der Waals surface area (Å²) in [4.78, 5) is 12.8. The smallest absolute Gasteiger partial charge is 0.265 e. The minimum atomic E-state index is -3.96. The number of nitrogens with zero attached hydrogens (tertiary/aromatic N) is 3. The largest absolute Gasteiger partial charge is 0.325 e. The van der Waals surface area contributed by atoms with Crippen molar-refractivity contribution in [1.29, 1.82) is 0 Å². The first kappa shape index (κ1) is 20.6. The molecule has 0 fully saturated rings. The van der Waals surface area contributed by atoms with Crippen LogP contribution in [0.2, 0.25) is 0 Å². The molecule has 8 heteroatoms. The molecule has 0 bridgehead atoms. The predicted molar refractivity (Wildman–Crippen MR) is 113 cm³/mol. The number of carbonyl (C=O) groups excluding carboxylic acids is 1. The van der Waals surface area contributed by atoms with Crippen LogP contribution in [0.15, 0.2) is 71.8 Å². The van der Waals surface area contributed by atoms with Crippen LogP contribution in [0.5, 0.6) is 0 Å². The number of benzene rings is 2. The molecule has 7 nitrogen and oxygen atoms in total. The van der Waals surface area contributed by atoms with Gasteiger partial charge < -0.3 is 5.32 Å². The Kier molecular flexibility index (Phi) is 6.03. The van der Waals surface area contributed by atoms with Gasteiger partial charge in [-0.3, -0.25) is 4.79 Å². The molecule has 0 radical (unpaired) electrons. The molecule has 0 aliphatic rings. The number of aromatic nitrogens is 2. The highest BCUT2D eigenvalue weighted by molar-refractivity contribution is 7.92. The van der Waals surface area contributed by atoms with E-state index in [1.807, 2.05) is 32.9 Å². The fraction of sp³-hybridized carbons (Fsp3) is 0.238. The topological polar surface area (TPSA) is 84.3 Å². The van der Waals surface area contributed by atoms with E-state index in [4.69, 9.17) is 0 Å². The number of aryl methyl sites for hydroxylation is 1. The molecule has 152 valence electrons. The van der Waals surface area contributed by atoms with Crippen molar-refractivity contribution < 1.29 is 13.2 Å². The Morgan fingerprint density at radius 2 is 1.72 bits per heavy atom. The van der Waals surface area contributed by atoms with Crippen LogP contribution in [0.4, 0.5) is 11.5 Å². The molecule has 1 amide bonds. The van der Waals surface area contributed by atoms with Crippen LogP contribution in [0.3, 0.4) is 0 Å². The monoisotopic (exact) mass is 412 g/mol. The summed E-state index contributed by atoms with van der Waals surface area (Å²) in [6, 6.07) is 16.9. The van der Waals surface area contributed by atoms with Crippen molar-refractivity contribution >= 4 is 27.4 Å². The van der Waals surface area contributed by atoms with Crippen LogP contribution in [-0.4, -0.2) is 30.7 Å². The summed E-state index contributed by atoms with van der Waals surface area (Å²) in [5.41, 5.74) is 1.67. The Bertz CT molecular complexity index is 1070. The van der Waals surface area contributed by atoms with Crippen molar-refractivity contribution in [1.82, 2.24) is 9.78 Å². The van der Waals surface area contributed by atoms with Crippen molar-refractivity contribution in [2.45, 2.75) is 31.7 Å². The Balaban J connectivity index is 1.96. The van der Waals surface area contributed by atoms with Crippen molar-refractivity contribution in [2.24, 2.45) is 0 Å². The van der Waals surface area contributed by atoms with E-state index in [0.29, 0.717) is 11.5 Å². The van der Waals surface area contributed by atoms with E-state index in [0.717, 1.165) is 9.87 Å². The number of rotatable bonds is 7. The maximum Gasteiger partial charge on any atom is 0.265 e. The van der Waals surface area contributed by atoms with Gasteiger partial charge in [0, 0.05) is 17.8 Å². The summed E-state index contributed by atoms with van der Waals surface area (Å²) < 4.78 is 29.4. The van der Waals surface area contributed by atoms with Crippen LogP contribution in [0.25, 0.3) is 0 Å². The van der Waals surface area contributed by atoms with Gasteiger partial charge in [-0.05, 0) is 45.0 Å². The average molecular weight is 413 g/mol. The predicted octanol–water partition coefficient (Wildman–Crippen LogP) is 3.61. The SMILES string of the molecule is Cc1ccc(NC(=O)CN(c2ccnn2C(C)C)S(=O)(=O)c2ccccc2)cc1. The summed E-state index contributed by atoms with van der Waals surface area (Å²) in [7, 11) is -3.96. The molecule has 0 aliphatic carbocycles. The Morgan fingerprint density at radius 3 is 2.34 bits per heavy atom. The minimum Gasteiger partial charge on any atom is -0.325 e. The molecule has 0 saturated carbocycles. The summed E-state index contributed by atoms with van der Waals surface area (Å²) >= 11 is 0. The van der Waals surface area contributed by atoms with E-state index in [1.165, 1.54) is 18.3 Å². The highest BCUT2D eigenvalue weighted by Crippen LogP contribution is 2.25. The zero-order valence-electron chi connectivity index (χ0n) is 16.6. The van der Waals surface area contributed by atoms with Crippen LogP contribution >= 0.6 is 0 Å². The Hall–Kier alpha value is -3.13. The number of nitrogens with one attached hydrogen (secondary N) is 1. The van der Waals surface area contributed by atoms with Crippen molar-refractivity contribution in [3.8, 4) is 0 Å². The number of amides is 1. The highest BCUT2D eigenvalue weighted by Gasteiger charge is 2.30. The van der Waals surface area contributed by atoms with E-state index >= 15 is 0 Å². The van der Waals surface area contributed by atoms with Gasteiger partial charge in [0.25, 0.3) is 10.0 Å². The lowest BCUT2D eigenvalue weighted by atomic mass is 10.2. The van der Waals surface area contributed by atoms with Gasteiger partial charge in [-0.2, -0.15) is 5.10 Å². The van der Waals surface area contributed by atoms with Gasteiger partial charge in [0.2, 0.25) is 5.91 Å². The number of anilines is 2. The lowest BCUT2D eigenvalue weighted by Gasteiger charge is -2.25. The second-order valence-corrected chi connectivity index (χ2v) is 8.83. The molecule has 0 saturated heterocycles. The summed E-state index contributed by atoms with van der Waals surface area (Å²) in [5, 5.41) is 6.98. The van der Waals surface area contributed by atoms with Gasteiger partial charge in [-0.25, -0.2) is 17.4 Å². The maximum absolute atomic E-state index is 13.3. The number of sulfonamides is 1. The molecule has 2 aromatic carbocycles. The Labute approximate surface area is 171 Å². The van der Waals surface area contributed by atoms with E-state index in [2.05, 4.69) is 10.4 Å². The second kappa shape index (κ2) is 8.48. The van der Waals surface area contributed by atoms with Crippen molar-refractivity contribution in [2.75, 3.05) is 16.2 Å². The van der Waals surface area contributed by atoms with Gasteiger partial charge in [0.1, 0.15) is 12.4 Å². The second-order valence-electron chi connectivity index (χ2n) is 6.97. The summed E-state index contributed by atoms with van der Waals surface area (Å²) in [5.74, 6) is -0.104. The first-order valence-corrected chi connectivity index (χ1v) is 10.7. The molecule has 3 rings (SSSR count). The van der Waals surface area contributed by atoms with E-state index in [9.17, 15) is 13.2 Å². The molecule has 29 heavy (non-hydrogen) atoms. The molecule has 1 heterocycles. The molecular formula is C21H24N4O3S. The molecule has 1 aromatic heterocycles. The van der Waals surface area contributed by atoms with Crippen LogP contribution < -0.4 is 9.62 Å². The van der Waals surface area contributed by atoms with E-state index in [-0.39, 0.29) is 17.5 Å². The van der Waals surface area contributed by atoms with Gasteiger partial charge in [0.15, 0.2) is 0 Å². The van der Waals surface area contributed by atoms with E-state index < -0.39 is 15.9 Å². The summed E-state index contributed by atoms with van der Waals surface area (Å²) in [6.45, 7) is 5.38. The normalized spacial score (nSPS) is 11.4. The third-order valence-corrected chi connectivity index (χ3v) is 6.11. The fourth-order valence-electron chi connectivity index (χ4n) is 2.88. The standard InChI is InChI=1S/C21H24N4O3S/c1-16(2)25-21(13-14-22-25)24(29(27,28)19-7-5-4-6-8-19)15-20(26)23-18-11-9-17(3)10-12-18/h4-14,16H,15H2,1-3H3,(H,23,26). The molecule has 0 unspecified atom stereocenters. The third kappa shape index (κ3) is 4.65. The molecule has 0 spiro atoms. The van der Waals surface area contributed by atoms with Crippen molar-refractivity contribution in [3.63, 3.8) is 0 Å². The lowest BCUT2D eigenvalue weighted by molar-refractivity contribution is -0.114. The maximum atomic E-state index is 13.3. The lowest BCUT2D eigenvalue weighted by Crippen LogP contribution is -2.39. The average Bonchev–Trinajstić information content (AvgIpc) is 3.18. The van der Waals surface area contributed by atoms with Crippen LogP contribution in [0.1, 0.15) is 25.5 Å². The fourth-order valence-corrected chi connectivity index (χ4v) is 4.31. The van der Waals surface area contributed by atoms with Crippen LogP contribution in [-0.2, 0) is 14.8 Å². The highest BCUT2D eigenvalue weighted by atomic mass is 32.2. The van der Waals surface area contributed by atoms with Gasteiger partial charge in [-0.15, -0.1) is 0 Å². The van der Waals surface area contributed by atoms with Crippen molar-refractivity contribution in [3.05, 3.63) is 72.4 Å². The van der Waals surface area contributed by atoms with Crippen LogP contribution in [0, 0.1) is 6.92 Å². The summed E-state index contributed by atoms with van der Waals surface area (Å²) in [6.07, 6.45) is 1.53. The zero-order chi connectivity index (χ0) is 21.0. The number of hydrogen-bond acceptors (Lipinski definition) is 4. The minimum absolute atomic E-state index is 0.0753. The Morgan fingerprint density at radius 1 is 1.07 bits per heavy atom. The number of hydrogen-bond donors (Lipinski definition) is 1.